The monoisotopic (exact) mass is 534 g/mol. The number of carboxylic acid groups (broad SMARTS) is 2. The van der Waals surface area contributed by atoms with Crippen LogP contribution in [0.4, 0.5) is 0 Å². The summed E-state index contributed by atoms with van der Waals surface area (Å²) in [5.74, 6) is -8.51. The molecule has 4 atom stereocenters. The lowest BCUT2D eigenvalue weighted by Crippen LogP contribution is -2.52. The van der Waals surface area contributed by atoms with Crippen molar-refractivity contribution in [1.29, 1.82) is 0 Å². The van der Waals surface area contributed by atoms with Crippen LogP contribution in [0.2, 0.25) is 0 Å². The summed E-state index contributed by atoms with van der Waals surface area (Å²) in [6, 6.07) is 6.93. The van der Waals surface area contributed by atoms with E-state index in [0.29, 0.717) is 12.2 Å². The van der Waals surface area contributed by atoms with Crippen LogP contribution >= 0.6 is 0 Å². The standard InChI is InChI=1S/C24H22O14/c25-13-5-1-11(9-15(13)27)3-7-17(29)37-21(23(33)34)19(31)20(32)22(24(35)36)38-18(30)8-4-12-2-6-14(26)16(28)10-12/h1-10,19-22,25-28,31-32H,(H,33,34)(H,35,36)/t19-,20+,21+,22-. The zero-order valence-corrected chi connectivity index (χ0v) is 19.1. The summed E-state index contributed by atoms with van der Waals surface area (Å²) in [5, 5.41) is 76.5. The van der Waals surface area contributed by atoms with Crippen LogP contribution in [0.1, 0.15) is 11.1 Å². The van der Waals surface area contributed by atoms with E-state index in [4.69, 9.17) is 0 Å². The fourth-order valence-corrected chi connectivity index (χ4v) is 2.84. The third-order valence-electron chi connectivity index (χ3n) is 4.77. The molecule has 38 heavy (non-hydrogen) atoms. The first kappa shape index (κ1) is 29.2. The number of benzene rings is 2. The zero-order valence-electron chi connectivity index (χ0n) is 19.1. The summed E-state index contributed by atoms with van der Waals surface area (Å²) in [6.45, 7) is 0. The molecule has 0 saturated heterocycles. The Morgan fingerprint density at radius 1 is 0.605 bits per heavy atom. The summed E-state index contributed by atoms with van der Waals surface area (Å²) < 4.78 is 9.19. The Morgan fingerprint density at radius 3 is 1.24 bits per heavy atom. The Morgan fingerprint density at radius 2 is 0.947 bits per heavy atom. The normalized spacial score (nSPS) is 14.5. The molecule has 0 aromatic heterocycles. The summed E-state index contributed by atoms with van der Waals surface area (Å²) >= 11 is 0. The number of aromatic hydroxyl groups is 4. The van der Waals surface area contributed by atoms with Crippen LogP contribution in [0.25, 0.3) is 12.2 Å². The molecule has 0 unspecified atom stereocenters. The molecule has 2 aromatic rings. The number of hydrogen-bond donors (Lipinski definition) is 8. The van der Waals surface area contributed by atoms with Gasteiger partial charge in [0.25, 0.3) is 0 Å². The largest absolute Gasteiger partial charge is 0.504 e. The predicted molar refractivity (Wildman–Crippen MR) is 125 cm³/mol. The second-order valence-corrected chi connectivity index (χ2v) is 7.54. The minimum atomic E-state index is -2.57. The minimum Gasteiger partial charge on any atom is -0.504 e. The number of ether oxygens (including phenoxy) is 2. The first-order valence-corrected chi connectivity index (χ1v) is 10.4. The van der Waals surface area contributed by atoms with Crippen LogP contribution in [0.5, 0.6) is 23.0 Å². The predicted octanol–water partition coefficient (Wildman–Crippen LogP) is -0.0498. The summed E-state index contributed by atoms with van der Waals surface area (Å²) in [4.78, 5) is 47.1. The summed E-state index contributed by atoms with van der Waals surface area (Å²) in [6.07, 6.45) is -6.62. The highest BCUT2D eigenvalue weighted by atomic mass is 16.6. The van der Waals surface area contributed by atoms with Crippen LogP contribution in [0.3, 0.4) is 0 Å². The van der Waals surface area contributed by atoms with Crippen molar-refractivity contribution in [3.05, 3.63) is 59.7 Å². The molecule has 0 saturated carbocycles. The molecule has 0 aliphatic carbocycles. The summed E-state index contributed by atoms with van der Waals surface area (Å²) in [5.41, 5.74) is 0.385. The van der Waals surface area contributed by atoms with E-state index < -0.39 is 71.3 Å². The number of esters is 2. The van der Waals surface area contributed by atoms with Crippen molar-refractivity contribution < 1.29 is 69.5 Å². The molecule has 0 bridgehead atoms. The van der Waals surface area contributed by atoms with Crippen molar-refractivity contribution in [2.45, 2.75) is 24.4 Å². The number of carbonyl (C=O) groups is 4. The molecule has 0 heterocycles. The Kier molecular flexibility index (Phi) is 9.78. The van der Waals surface area contributed by atoms with Crippen molar-refractivity contribution in [1.82, 2.24) is 0 Å². The average molecular weight is 534 g/mol. The maximum atomic E-state index is 12.0. The number of aliphatic hydroxyl groups is 2. The fourth-order valence-electron chi connectivity index (χ4n) is 2.84. The quantitative estimate of drug-likeness (QED) is 0.107. The van der Waals surface area contributed by atoms with Gasteiger partial charge in [-0.2, -0.15) is 0 Å². The molecule has 2 rings (SSSR count). The number of hydrogen-bond acceptors (Lipinski definition) is 12. The Bertz CT molecular complexity index is 1170. The lowest BCUT2D eigenvalue weighted by molar-refractivity contribution is -0.188. The molecule has 202 valence electrons. The molecular weight excluding hydrogens is 512 g/mol. The third-order valence-corrected chi connectivity index (χ3v) is 4.77. The van der Waals surface area contributed by atoms with Gasteiger partial charge in [0.2, 0.25) is 12.2 Å². The number of aliphatic carboxylic acids is 2. The lowest BCUT2D eigenvalue weighted by Gasteiger charge is -2.26. The SMILES string of the molecule is O=C(C=Cc1ccc(O)c(O)c1)O[C@H](C(=O)O)[C@H](O)[C@H](O)[C@@H](OC(=O)C=Cc1ccc(O)c(O)c1)C(=O)O. The minimum absolute atomic E-state index is 0.193. The average Bonchev–Trinajstić information content (AvgIpc) is 2.86. The van der Waals surface area contributed by atoms with E-state index in [1.807, 2.05) is 0 Å². The van der Waals surface area contributed by atoms with E-state index in [0.717, 1.165) is 36.4 Å². The highest BCUT2D eigenvalue weighted by Crippen LogP contribution is 2.26. The number of phenols is 4. The highest BCUT2D eigenvalue weighted by molar-refractivity contribution is 5.90. The molecule has 0 radical (unpaired) electrons. The van der Waals surface area contributed by atoms with Crippen LogP contribution in [0.15, 0.2) is 48.6 Å². The van der Waals surface area contributed by atoms with Gasteiger partial charge in [-0.15, -0.1) is 0 Å². The van der Waals surface area contributed by atoms with Crippen molar-refractivity contribution in [3.63, 3.8) is 0 Å². The lowest BCUT2D eigenvalue weighted by atomic mass is 10.0. The van der Waals surface area contributed by atoms with Gasteiger partial charge in [-0.1, -0.05) is 12.1 Å². The van der Waals surface area contributed by atoms with Gasteiger partial charge in [-0.25, -0.2) is 19.2 Å². The van der Waals surface area contributed by atoms with Crippen LogP contribution < -0.4 is 0 Å². The first-order chi connectivity index (χ1) is 17.8. The molecule has 14 nitrogen and oxygen atoms in total. The first-order valence-electron chi connectivity index (χ1n) is 10.4. The van der Waals surface area contributed by atoms with Crippen molar-refractivity contribution >= 4 is 36.0 Å². The van der Waals surface area contributed by atoms with Crippen LogP contribution in [0, 0.1) is 0 Å². The Balaban J connectivity index is 2.10. The van der Waals surface area contributed by atoms with Crippen molar-refractivity contribution in [3.8, 4) is 23.0 Å². The van der Waals surface area contributed by atoms with E-state index in [9.17, 15) is 60.0 Å². The Hall–Kier alpha value is -5.08. The van der Waals surface area contributed by atoms with Gasteiger partial charge in [0, 0.05) is 12.2 Å². The maximum absolute atomic E-state index is 12.0. The maximum Gasteiger partial charge on any atom is 0.347 e. The molecule has 0 fully saturated rings. The smallest absolute Gasteiger partial charge is 0.347 e. The fraction of sp³-hybridized carbons (Fsp3) is 0.167. The van der Waals surface area contributed by atoms with E-state index >= 15 is 0 Å². The van der Waals surface area contributed by atoms with Gasteiger partial charge in [0.1, 0.15) is 12.2 Å². The van der Waals surface area contributed by atoms with Gasteiger partial charge >= 0.3 is 23.9 Å². The van der Waals surface area contributed by atoms with Gasteiger partial charge in [-0.05, 0) is 47.5 Å². The molecular formula is C24H22O14. The Labute approximate surface area is 213 Å². The third kappa shape index (κ3) is 7.97. The van der Waals surface area contributed by atoms with Crippen LogP contribution in [-0.4, -0.2) is 89.1 Å². The molecule has 8 N–H and O–H groups in total. The molecule has 0 amide bonds. The second-order valence-electron chi connectivity index (χ2n) is 7.54. The highest BCUT2D eigenvalue weighted by Gasteiger charge is 2.43. The molecule has 14 heteroatoms. The van der Waals surface area contributed by atoms with Crippen LogP contribution in [-0.2, 0) is 28.7 Å². The number of phenolic OH excluding ortho intramolecular Hbond substituents is 4. The number of carboxylic acids is 2. The number of carbonyl (C=O) groups excluding carboxylic acids is 2. The molecule has 2 aromatic carbocycles. The molecule has 0 aliphatic rings. The zero-order chi connectivity index (χ0) is 28.6. The van der Waals surface area contributed by atoms with E-state index in [1.54, 1.807) is 0 Å². The van der Waals surface area contributed by atoms with Crippen molar-refractivity contribution in [2.24, 2.45) is 0 Å². The van der Waals surface area contributed by atoms with Gasteiger partial charge in [-0.3, -0.25) is 0 Å². The van der Waals surface area contributed by atoms with E-state index in [1.165, 1.54) is 12.1 Å². The molecule has 0 aliphatic heterocycles. The number of aliphatic hydroxyl groups excluding tert-OH is 2. The van der Waals surface area contributed by atoms with Gasteiger partial charge in [0.05, 0.1) is 0 Å². The number of rotatable bonds is 11. The van der Waals surface area contributed by atoms with E-state index in [-0.39, 0.29) is 11.1 Å². The molecule has 0 spiro atoms. The summed E-state index contributed by atoms with van der Waals surface area (Å²) in [7, 11) is 0. The van der Waals surface area contributed by atoms with Gasteiger partial charge in [0.15, 0.2) is 23.0 Å². The second kappa shape index (κ2) is 12.8. The topological polar surface area (TPSA) is 249 Å². The van der Waals surface area contributed by atoms with Gasteiger partial charge < -0.3 is 50.3 Å². The van der Waals surface area contributed by atoms with Crippen molar-refractivity contribution in [2.75, 3.05) is 0 Å². The van der Waals surface area contributed by atoms with E-state index in [2.05, 4.69) is 9.47 Å².